The van der Waals surface area contributed by atoms with Crippen molar-refractivity contribution in [2.45, 2.75) is 38.8 Å². The molecule has 1 atom stereocenters. The summed E-state index contributed by atoms with van der Waals surface area (Å²) < 4.78 is 4.54. The fourth-order valence-corrected chi connectivity index (χ4v) is 0.998. The van der Waals surface area contributed by atoms with Crippen molar-refractivity contribution in [3.63, 3.8) is 0 Å². The van der Waals surface area contributed by atoms with Crippen LogP contribution in [0.2, 0.25) is 0 Å². The number of nitrogens with one attached hydrogen (secondary N) is 1. The first-order chi connectivity index (χ1) is 6.29. The summed E-state index contributed by atoms with van der Waals surface area (Å²) in [7, 11) is 1.28. The Morgan fingerprint density at radius 3 is 2.36 bits per heavy atom. The first-order valence-corrected chi connectivity index (χ1v) is 4.44. The Labute approximate surface area is 84.0 Å². The first kappa shape index (κ1) is 12.9. The largest absolute Gasteiger partial charge is 0.467 e. The minimum atomic E-state index is -0.999. The predicted octanol–water partition coefficient (Wildman–Crippen LogP) is -0.208. The van der Waals surface area contributed by atoms with E-state index in [-0.39, 0.29) is 18.4 Å². The number of nitrogens with two attached hydrogens (primary N) is 1. The average molecular weight is 202 g/mol. The number of carbonyl (C=O) groups is 2. The van der Waals surface area contributed by atoms with Gasteiger partial charge in [-0.3, -0.25) is 4.79 Å². The summed E-state index contributed by atoms with van der Waals surface area (Å²) in [6.45, 7) is 4.89. The Morgan fingerprint density at radius 1 is 1.50 bits per heavy atom. The van der Waals surface area contributed by atoms with Crippen molar-refractivity contribution in [2.24, 2.45) is 5.73 Å². The Morgan fingerprint density at radius 2 is 2.00 bits per heavy atom. The molecule has 0 unspecified atom stereocenters. The molecular formula is C9H18N2O3. The van der Waals surface area contributed by atoms with Gasteiger partial charge < -0.3 is 15.8 Å². The third-order valence-electron chi connectivity index (χ3n) is 1.65. The van der Waals surface area contributed by atoms with Crippen LogP contribution >= 0.6 is 0 Å². The quantitative estimate of drug-likeness (QED) is 0.618. The molecule has 1 amide bonds. The lowest BCUT2D eigenvalue weighted by atomic mass is 10.1. The molecule has 0 radical (unpaired) electrons. The maximum Gasteiger partial charge on any atom is 0.330 e. The molecule has 0 heterocycles. The summed E-state index contributed by atoms with van der Waals surface area (Å²) in [5.74, 6) is -0.731. The first-order valence-electron chi connectivity index (χ1n) is 4.44. The molecule has 0 rings (SSSR count). The highest BCUT2D eigenvalue weighted by Crippen LogP contribution is 2.05. The fourth-order valence-electron chi connectivity index (χ4n) is 0.998. The van der Waals surface area contributed by atoms with Crippen LogP contribution in [0.3, 0.4) is 0 Å². The van der Waals surface area contributed by atoms with Gasteiger partial charge in [-0.1, -0.05) is 0 Å². The van der Waals surface area contributed by atoms with Gasteiger partial charge in [-0.25, -0.2) is 4.79 Å². The molecule has 5 heteroatoms. The number of hydrogen-bond acceptors (Lipinski definition) is 4. The van der Waals surface area contributed by atoms with Crippen LogP contribution in [0.15, 0.2) is 0 Å². The molecule has 0 spiro atoms. The van der Waals surface area contributed by atoms with Gasteiger partial charge in [-0.05, 0) is 20.8 Å². The van der Waals surface area contributed by atoms with E-state index in [0.717, 1.165) is 0 Å². The van der Waals surface area contributed by atoms with Crippen molar-refractivity contribution in [1.29, 1.82) is 0 Å². The van der Waals surface area contributed by atoms with Crippen LogP contribution in [0.25, 0.3) is 0 Å². The molecule has 0 fully saturated rings. The minimum Gasteiger partial charge on any atom is -0.467 e. The number of hydrogen-bond donors (Lipinski definition) is 2. The zero-order chi connectivity index (χ0) is 11.4. The zero-order valence-corrected chi connectivity index (χ0v) is 9.09. The molecule has 0 saturated heterocycles. The summed E-state index contributed by atoms with van der Waals surface area (Å²) in [5, 5.41) is 2.54. The molecule has 0 aromatic carbocycles. The number of methoxy groups -OCH3 is 1. The van der Waals surface area contributed by atoms with Crippen molar-refractivity contribution in [2.75, 3.05) is 7.11 Å². The van der Waals surface area contributed by atoms with E-state index in [1.54, 1.807) is 20.8 Å². The van der Waals surface area contributed by atoms with Crippen LogP contribution in [0.1, 0.15) is 27.2 Å². The van der Waals surface area contributed by atoms with E-state index >= 15 is 0 Å². The lowest BCUT2D eigenvalue weighted by molar-refractivity contribution is -0.149. The van der Waals surface area contributed by atoms with Gasteiger partial charge in [0, 0.05) is 12.5 Å². The lowest BCUT2D eigenvalue weighted by Crippen LogP contribution is -2.51. The van der Waals surface area contributed by atoms with Gasteiger partial charge in [0.2, 0.25) is 5.91 Å². The topological polar surface area (TPSA) is 81.4 Å². The summed E-state index contributed by atoms with van der Waals surface area (Å²) >= 11 is 0. The maximum absolute atomic E-state index is 11.3. The minimum absolute atomic E-state index is 0.195. The molecule has 0 bridgehead atoms. The molecule has 3 N–H and O–H groups in total. The number of amides is 1. The van der Waals surface area contributed by atoms with E-state index in [4.69, 9.17) is 5.73 Å². The summed E-state index contributed by atoms with van der Waals surface area (Å²) in [6.07, 6.45) is 0.195. The van der Waals surface area contributed by atoms with Gasteiger partial charge in [-0.15, -0.1) is 0 Å². The second-order valence-corrected chi connectivity index (χ2v) is 3.85. The van der Waals surface area contributed by atoms with E-state index in [9.17, 15) is 9.59 Å². The highest BCUT2D eigenvalue weighted by atomic mass is 16.5. The third kappa shape index (κ3) is 4.23. The van der Waals surface area contributed by atoms with Crippen molar-refractivity contribution >= 4 is 11.9 Å². The SMILES string of the molecule is COC(=O)C(C)(C)NC(=O)C[C@@H](C)N. The third-order valence-corrected chi connectivity index (χ3v) is 1.65. The number of esters is 1. The predicted molar refractivity (Wildman–Crippen MR) is 52.5 cm³/mol. The highest BCUT2D eigenvalue weighted by molar-refractivity contribution is 5.87. The lowest BCUT2D eigenvalue weighted by Gasteiger charge is -2.23. The van der Waals surface area contributed by atoms with E-state index in [1.165, 1.54) is 7.11 Å². The normalized spacial score (nSPS) is 13.2. The van der Waals surface area contributed by atoms with E-state index in [2.05, 4.69) is 10.1 Å². The van der Waals surface area contributed by atoms with Gasteiger partial charge in [0.1, 0.15) is 5.54 Å². The van der Waals surface area contributed by atoms with E-state index < -0.39 is 11.5 Å². The van der Waals surface area contributed by atoms with Crippen molar-refractivity contribution < 1.29 is 14.3 Å². The highest BCUT2D eigenvalue weighted by Gasteiger charge is 2.30. The van der Waals surface area contributed by atoms with Crippen molar-refractivity contribution in [1.82, 2.24) is 5.32 Å². The molecule has 82 valence electrons. The summed E-state index contributed by atoms with van der Waals surface area (Å²) in [5.41, 5.74) is 4.44. The summed E-state index contributed by atoms with van der Waals surface area (Å²) in [4.78, 5) is 22.5. The maximum atomic E-state index is 11.3. The number of ether oxygens (including phenoxy) is 1. The molecule has 0 aliphatic heterocycles. The van der Waals surface area contributed by atoms with E-state index in [1.807, 2.05) is 0 Å². The van der Waals surface area contributed by atoms with Crippen LogP contribution in [-0.4, -0.2) is 30.6 Å². The van der Waals surface area contributed by atoms with Crippen LogP contribution in [0.5, 0.6) is 0 Å². The van der Waals surface area contributed by atoms with E-state index in [0.29, 0.717) is 0 Å². The fraction of sp³-hybridized carbons (Fsp3) is 0.778. The van der Waals surface area contributed by atoms with Crippen LogP contribution < -0.4 is 11.1 Å². The van der Waals surface area contributed by atoms with Crippen molar-refractivity contribution in [3.05, 3.63) is 0 Å². The van der Waals surface area contributed by atoms with Crippen LogP contribution in [0, 0.1) is 0 Å². The Kier molecular flexibility index (Phi) is 4.56. The Hall–Kier alpha value is -1.10. The number of rotatable bonds is 4. The number of carbonyl (C=O) groups excluding carboxylic acids is 2. The molecule has 5 nitrogen and oxygen atoms in total. The molecule has 14 heavy (non-hydrogen) atoms. The Bertz CT molecular complexity index is 224. The molecule has 0 aliphatic carbocycles. The second kappa shape index (κ2) is 4.95. The van der Waals surface area contributed by atoms with Gasteiger partial charge >= 0.3 is 5.97 Å². The molecule has 0 aromatic rings. The molecule has 0 aliphatic rings. The second-order valence-electron chi connectivity index (χ2n) is 3.85. The van der Waals surface area contributed by atoms with Gasteiger partial charge in [0.25, 0.3) is 0 Å². The van der Waals surface area contributed by atoms with Gasteiger partial charge in [-0.2, -0.15) is 0 Å². The molecule has 0 aromatic heterocycles. The average Bonchev–Trinajstić information content (AvgIpc) is 1.99. The van der Waals surface area contributed by atoms with Gasteiger partial charge in [0.05, 0.1) is 7.11 Å². The smallest absolute Gasteiger partial charge is 0.330 e. The molecule has 0 saturated carbocycles. The Balaban J connectivity index is 4.22. The summed E-state index contributed by atoms with van der Waals surface area (Å²) in [6, 6.07) is -0.219. The van der Waals surface area contributed by atoms with Crippen molar-refractivity contribution in [3.8, 4) is 0 Å². The standard InChI is InChI=1S/C9H18N2O3/c1-6(10)5-7(12)11-9(2,3)8(13)14-4/h6H,5,10H2,1-4H3,(H,11,12)/t6-/m1/s1. The van der Waals surface area contributed by atoms with Crippen LogP contribution in [0.4, 0.5) is 0 Å². The monoisotopic (exact) mass is 202 g/mol. The van der Waals surface area contributed by atoms with Crippen LogP contribution in [-0.2, 0) is 14.3 Å². The van der Waals surface area contributed by atoms with Gasteiger partial charge in [0.15, 0.2) is 0 Å². The molecular weight excluding hydrogens is 184 g/mol. The zero-order valence-electron chi connectivity index (χ0n) is 9.09.